The van der Waals surface area contributed by atoms with Crippen LogP contribution < -0.4 is 10.1 Å². The van der Waals surface area contributed by atoms with Gasteiger partial charge in [0.25, 0.3) is 5.56 Å². The van der Waals surface area contributed by atoms with Crippen molar-refractivity contribution in [2.45, 2.75) is 0 Å². The number of hydrogen-bond donors (Lipinski definition) is 0. The zero-order valence-electron chi connectivity index (χ0n) is 12.1. The van der Waals surface area contributed by atoms with Crippen LogP contribution in [-0.2, 0) is 0 Å². The Hall–Kier alpha value is -2.21. The summed E-state index contributed by atoms with van der Waals surface area (Å²) in [7, 11) is 0. The Labute approximate surface area is 150 Å². The van der Waals surface area contributed by atoms with Gasteiger partial charge in [-0.15, -0.1) is 10.2 Å². The highest BCUT2D eigenvalue weighted by atomic mass is 35.5. The molecule has 2 aromatic carbocycles. The molecule has 7 heteroatoms. The van der Waals surface area contributed by atoms with Gasteiger partial charge in [0, 0.05) is 10.6 Å². The molecule has 0 atom stereocenters. The average Bonchev–Trinajstić information content (AvgIpc) is 3.11. The van der Waals surface area contributed by atoms with Crippen LogP contribution in [0.2, 0.25) is 10.0 Å². The van der Waals surface area contributed by atoms with E-state index >= 15 is 0 Å². The van der Waals surface area contributed by atoms with Gasteiger partial charge in [-0.2, -0.15) is 0 Å². The van der Waals surface area contributed by atoms with Crippen molar-refractivity contribution in [3.8, 4) is 11.4 Å². The van der Waals surface area contributed by atoms with Gasteiger partial charge in [-0.1, -0.05) is 64.9 Å². The fourth-order valence-electron chi connectivity index (χ4n) is 2.41. The second-order valence-electron chi connectivity index (χ2n) is 5.06. The second kappa shape index (κ2) is 6.02. The Morgan fingerprint density at radius 2 is 1.67 bits per heavy atom. The maximum absolute atomic E-state index is 12.8. The van der Waals surface area contributed by atoms with Crippen LogP contribution in [0.3, 0.4) is 0 Å². The molecule has 0 aliphatic rings. The number of aromatic nitrogens is 3. The van der Waals surface area contributed by atoms with E-state index in [2.05, 4.69) is 10.2 Å². The quantitative estimate of drug-likeness (QED) is 0.538. The molecule has 2 aromatic heterocycles. The first-order valence-corrected chi connectivity index (χ1v) is 8.61. The van der Waals surface area contributed by atoms with Crippen molar-refractivity contribution < 1.29 is 0 Å². The zero-order chi connectivity index (χ0) is 16.7. The van der Waals surface area contributed by atoms with Crippen LogP contribution in [0.4, 0.5) is 0 Å². The molecule has 0 saturated heterocycles. The van der Waals surface area contributed by atoms with Crippen LogP contribution in [0, 0.1) is 0 Å². The zero-order valence-corrected chi connectivity index (χ0v) is 14.4. The summed E-state index contributed by atoms with van der Waals surface area (Å²) in [6, 6.07) is 14.6. The van der Waals surface area contributed by atoms with E-state index in [1.165, 1.54) is 15.7 Å². The van der Waals surface area contributed by atoms with E-state index in [-0.39, 0.29) is 5.56 Å². The van der Waals surface area contributed by atoms with Crippen molar-refractivity contribution in [2.24, 2.45) is 0 Å². The molecule has 0 spiro atoms. The van der Waals surface area contributed by atoms with Gasteiger partial charge < -0.3 is 0 Å². The fraction of sp³-hybridized carbons (Fsp3) is 0. The van der Waals surface area contributed by atoms with Crippen molar-refractivity contribution in [3.05, 3.63) is 79.0 Å². The Balaban J connectivity index is 1.97. The van der Waals surface area contributed by atoms with Crippen LogP contribution in [0.5, 0.6) is 0 Å². The van der Waals surface area contributed by atoms with Gasteiger partial charge in [0.1, 0.15) is 0 Å². The average molecular weight is 374 g/mol. The molecule has 2 heterocycles. The molecule has 0 bridgehead atoms. The number of fused-ring (bicyclic) bond motifs is 1. The van der Waals surface area contributed by atoms with Gasteiger partial charge in [0.05, 0.1) is 9.55 Å². The SMILES string of the molecule is O=c1/c(=C/c2ccccc2Cl)sc2nnc(-c3ccccc3Cl)n12. The number of thiazole rings is 1. The molecule has 0 unspecified atom stereocenters. The summed E-state index contributed by atoms with van der Waals surface area (Å²) in [5, 5.41) is 9.33. The monoisotopic (exact) mass is 373 g/mol. The fourth-order valence-corrected chi connectivity index (χ4v) is 3.73. The Kier molecular flexibility index (Phi) is 3.84. The van der Waals surface area contributed by atoms with E-state index in [0.717, 1.165) is 5.56 Å². The van der Waals surface area contributed by atoms with Crippen LogP contribution in [0.15, 0.2) is 53.3 Å². The first-order valence-electron chi connectivity index (χ1n) is 7.04. The van der Waals surface area contributed by atoms with Crippen LogP contribution in [-0.4, -0.2) is 14.6 Å². The van der Waals surface area contributed by atoms with Crippen molar-refractivity contribution in [2.75, 3.05) is 0 Å². The van der Waals surface area contributed by atoms with Gasteiger partial charge in [0.2, 0.25) is 4.96 Å². The first-order chi connectivity index (χ1) is 11.6. The molecule has 0 amide bonds. The van der Waals surface area contributed by atoms with Gasteiger partial charge in [-0.25, -0.2) is 4.40 Å². The predicted molar refractivity (Wildman–Crippen MR) is 97.8 cm³/mol. The third-order valence-corrected chi connectivity index (χ3v) is 5.19. The standard InChI is InChI=1S/C17H9Cl2N3OS/c18-12-7-3-1-5-10(12)9-14-16(23)22-15(20-21-17(22)24-14)11-6-2-4-8-13(11)19/h1-9H/b14-9-. The summed E-state index contributed by atoms with van der Waals surface area (Å²) < 4.78 is 2.02. The number of benzene rings is 2. The molecule has 24 heavy (non-hydrogen) atoms. The number of halogens is 2. The van der Waals surface area contributed by atoms with Gasteiger partial charge in [-0.3, -0.25) is 4.79 Å². The van der Waals surface area contributed by atoms with Crippen molar-refractivity contribution >= 4 is 45.6 Å². The molecular formula is C17H9Cl2N3OS. The minimum atomic E-state index is -0.185. The van der Waals surface area contributed by atoms with E-state index in [1.807, 2.05) is 36.4 Å². The summed E-state index contributed by atoms with van der Waals surface area (Å²) in [6.45, 7) is 0. The summed E-state index contributed by atoms with van der Waals surface area (Å²) in [5.74, 6) is 0.440. The molecule has 0 saturated carbocycles. The predicted octanol–water partition coefficient (Wildman–Crippen LogP) is 3.67. The maximum Gasteiger partial charge on any atom is 0.276 e. The summed E-state index contributed by atoms with van der Waals surface area (Å²) in [4.78, 5) is 13.3. The molecular weight excluding hydrogens is 365 g/mol. The normalized spacial score (nSPS) is 12.2. The molecule has 4 aromatic rings. The third kappa shape index (κ3) is 2.51. The number of hydrogen-bond acceptors (Lipinski definition) is 4. The van der Waals surface area contributed by atoms with Crippen LogP contribution in [0.25, 0.3) is 22.4 Å². The lowest BCUT2D eigenvalue weighted by Crippen LogP contribution is -2.23. The number of nitrogens with zero attached hydrogens (tertiary/aromatic N) is 3. The van der Waals surface area contributed by atoms with Crippen molar-refractivity contribution in [1.82, 2.24) is 14.6 Å². The summed E-state index contributed by atoms with van der Waals surface area (Å²) in [5.41, 5.74) is 1.27. The molecule has 4 nitrogen and oxygen atoms in total. The van der Waals surface area contributed by atoms with E-state index in [9.17, 15) is 4.79 Å². The molecule has 0 aliphatic carbocycles. The van der Waals surface area contributed by atoms with Crippen LogP contribution >= 0.6 is 34.5 Å². The highest BCUT2D eigenvalue weighted by Crippen LogP contribution is 2.26. The van der Waals surface area contributed by atoms with E-state index in [1.54, 1.807) is 18.2 Å². The second-order valence-corrected chi connectivity index (χ2v) is 6.88. The highest BCUT2D eigenvalue weighted by Gasteiger charge is 2.16. The summed E-state index contributed by atoms with van der Waals surface area (Å²) in [6.07, 6.45) is 1.76. The van der Waals surface area contributed by atoms with Crippen molar-refractivity contribution in [1.29, 1.82) is 0 Å². The van der Waals surface area contributed by atoms with Crippen molar-refractivity contribution in [3.63, 3.8) is 0 Å². The minimum Gasteiger partial charge on any atom is -0.267 e. The molecule has 0 N–H and O–H groups in total. The van der Waals surface area contributed by atoms with Gasteiger partial charge in [-0.05, 0) is 29.8 Å². The molecule has 0 radical (unpaired) electrons. The smallest absolute Gasteiger partial charge is 0.267 e. The van der Waals surface area contributed by atoms with E-state index < -0.39 is 0 Å². The highest BCUT2D eigenvalue weighted by molar-refractivity contribution is 7.15. The molecule has 0 aliphatic heterocycles. The third-order valence-electron chi connectivity index (χ3n) is 3.56. The summed E-state index contributed by atoms with van der Waals surface area (Å²) >= 11 is 13.7. The largest absolute Gasteiger partial charge is 0.276 e. The van der Waals surface area contributed by atoms with Gasteiger partial charge >= 0.3 is 0 Å². The Morgan fingerprint density at radius 3 is 2.42 bits per heavy atom. The topological polar surface area (TPSA) is 47.3 Å². The molecule has 0 fully saturated rings. The lowest BCUT2D eigenvalue weighted by atomic mass is 10.2. The van der Waals surface area contributed by atoms with E-state index in [0.29, 0.717) is 30.9 Å². The lowest BCUT2D eigenvalue weighted by molar-refractivity contribution is 1.09. The molecule has 4 rings (SSSR count). The maximum atomic E-state index is 12.8. The Bertz CT molecular complexity index is 1170. The lowest BCUT2D eigenvalue weighted by Gasteiger charge is -1.99. The van der Waals surface area contributed by atoms with Crippen LogP contribution in [0.1, 0.15) is 5.56 Å². The molecule has 118 valence electrons. The number of rotatable bonds is 2. The van der Waals surface area contributed by atoms with E-state index in [4.69, 9.17) is 23.2 Å². The van der Waals surface area contributed by atoms with Gasteiger partial charge in [0.15, 0.2) is 5.82 Å². The first kappa shape index (κ1) is 15.3. The Morgan fingerprint density at radius 1 is 0.958 bits per heavy atom. The minimum absolute atomic E-state index is 0.185.